The van der Waals surface area contributed by atoms with Crippen LogP contribution in [0, 0.1) is 0 Å². The molecule has 2 N–H and O–H groups in total. The van der Waals surface area contributed by atoms with Crippen molar-refractivity contribution in [2.24, 2.45) is 0 Å². The Bertz CT molecular complexity index is 1330. The van der Waals surface area contributed by atoms with Crippen molar-refractivity contribution in [3.63, 3.8) is 0 Å². The van der Waals surface area contributed by atoms with Crippen molar-refractivity contribution in [1.82, 2.24) is 5.32 Å². The fourth-order valence-corrected chi connectivity index (χ4v) is 4.26. The van der Waals surface area contributed by atoms with E-state index in [4.69, 9.17) is 25.8 Å². The fourth-order valence-electron chi connectivity index (χ4n) is 4.00. The van der Waals surface area contributed by atoms with Gasteiger partial charge < -0.3 is 24.6 Å². The van der Waals surface area contributed by atoms with Gasteiger partial charge in [0, 0.05) is 10.6 Å². The van der Waals surface area contributed by atoms with Crippen LogP contribution in [0.15, 0.2) is 66.7 Å². The molecule has 0 spiro atoms. The molecule has 0 saturated heterocycles. The first-order chi connectivity index (χ1) is 18.7. The SMILES string of the molecule is CC(C)(C)OC(=O)Cc1ccccc1OCc1cc(Cl)cc(-c2cccc([C@@H](CO)NC(=O)OC(C)(C)C)c2)c1. The molecule has 214 valence electrons. The molecule has 7 nitrogen and oxygen atoms in total. The number of hydrogen-bond donors (Lipinski definition) is 2. The minimum Gasteiger partial charge on any atom is -0.489 e. The van der Waals surface area contributed by atoms with Gasteiger partial charge in [0.05, 0.1) is 19.1 Å². The standard InChI is InChI=1S/C32H38ClNO6/c1-31(2,3)39-29(36)18-24-10-7-8-13-28(24)38-20-21-14-25(17-26(33)15-21)22-11-9-12-23(16-22)27(19-35)34-30(37)40-32(4,5)6/h7-17,27,35H,18-20H2,1-6H3,(H,34,37)/t27-/m1/s1. The van der Waals surface area contributed by atoms with Crippen LogP contribution in [0.2, 0.25) is 5.02 Å². The molecule has 0 bridgehead atoms. The second-order valence-electron chi connectivity index (χ2n) is 11.5. The Balaban J connectivity index is 1.77. The van der Waals surface area contributed by atoms with E-state index in [1.807, 2.05) is 87.5 Å². The first-order valence-electron chi connectivity index (χ1n) is 13.1. The molecule has 0 radical (unpaired) electrons. The highest BCUT2D eigenvalue weighted by Crippen LogP contribution is 2.29. The van der Waals surface area contributed by atoms with Crippen LogP contribution in [0.25, 0.3) is 11.1 Å². The highest BCUT2D eigenvalue weighted by molar-refractivity contribution is 6.31. The van der Waals surface area contributed by atoms with Gasteiger partial charge in [-0.2, -0.15) is 0 Å². The zero-order chi connectivity index (χ0) is 29.5. The quantitative estimate of drug-likeness (QED) is 0.270. The van der Waals surface area contributed by atoms with Crippen LogP contribution in [0.1, 0.15) is 64.3 Å². The number of halogens is 1. The number of para-hydroxylation sites is 1. The van der Waals surface area contributed by atoms with Gasteiger partial charge in [-0.05, 0) is 94.1 Å². The predicted octanol–water partition coefficient (Wildman–Crippen LogP) is 7.03. The van der Waals surface area contributed by atoms with Gasteiger partial charge in [0.25, 0.3) is 0 Å². The van der Waals surface area contributed by atoms with Crippen molar-refractivity contribution in [3.05, 3.63) is 88.4 Å². The van der Waals surface area contributed by atoms with Crippen LogP contribution in [0.3, 0.4) is 0 Å². The van der Waals surface area contributed by atoms with Crippen LogP contribution in [0.5, 0.6) is 5.75 Å². The number of benzene rings is 3. The van der Waals surface area contributed by atoms with Gasteiger partial charge in [-0.25, -0.2) is 4.79 Å². The molecule has 8 heteroatoms. The fraction of sp³-hybridized carbons (Fsp3) is 0.375. The Hall–Kier alpha value is -3.55. The lowest BCUT2D eigenvalue weighted by Gasteiger charge is -2.23. The number of amides is 1. The maximum absolute atomic E-state index is 12.4. The molecular formula is C32H38ClNO6. The molecular weight excluding hydrogens is 530 g/mol. The second-order valence-corrected chi connectivity index (χ2v) is 12.0. The molecule has 0 aliphatic rings. The molecule has 0 unspecified atom stereocenters. The van der Waals surface area contributed by atoms with E-state index in [0.717, 1.165) is 27.8 Å². The Kier molecular flexibility index (Phi) is 10.2. The maximum atomic E-state index is 12.4. The minimum atomic E-state index is -0.651. The summed E-state index contributed by atoms with van der Waals surface area (Å²) in [5.41, 5.74) is 2.79. The first-order valence-corrected chi connectivity index (χ1v) is 13.5. The van der Waals surface area contributed by atoms with E-state index in [-0.39, 0.29) is 25.6 Å². The summed E-state index contributed by atoms with van der Waals surface area (Å²) in [5, 5.41) is 13.2. The number of aliphatic hydroxyl groups is 1. The lowest BCUT2D eigenvalue weighted by atomic mass is 9.98. The van der Waals surface area contributed by atoms with Gasteiger partial charge in [0.2, 0.25) is 0 Å². The van der Waals surface area contributed by atoms with Gasteiger partial charge in [-0.15, -0.1) is 0 Å². The number of carbonyl (C=O) groups is 2. The summed E-state index contributed by atoms with van der Waals surface area (Å²) in [7, 11) is 0. The average molecular weight is 568 g/mol. The molecule has 3 aromatic carbocycles. The number of esters is 1. The molecule has 0 aliphatic heterocycles. The van der Waals surface area contributed by atoms with Crippen LogP contribution < -0.4 is 10.1 Å². The van der Waals surface area contributed by atoms with Crippen molar-refractivity contribution in [2.75, 3.05) is 6.61 Å². The zero-order valence-electron chi connectivity index (χ0n) is 23.9. The molecule has 1 atom stereocenters. The van der Waals surface area contributed by atoms with Crippen LogP contribution in [-0.4, -0.2) is 35.0 Å². The summed E-state index contributed by atoms with van der Waals surface area (Å²) in [6.07, 6.45) is -0.504. The van der Waals surface area contributed by atoms with Gasteiger partial charge in [-0.3, -0.25) is 4.79 Å². The van der Waals surface area contributed by atoms with E-state index in [2.05, 4.69) is 5.32 Å². The number of alkyl carbamates (subject to hydrolysis) is 1. The van der Waals surface area contributed by atoms with E-state index in [1.165, 1.54) is 0 Å². The molecule has 0 aromatic heterocycles. The molecule has 40 heavy (non-hydrogen) atoms. The number of aliphatic hydroxyl groups excluding tert-OH is 1. The van der Waals surface area contributed by atoms with Crippen LogP contribution >= 0.6 is 11.6 Å². The molecule has 3 rings (SSSR count). The lowest BCUT2D eigenvalue weighted by molar-refractivity contribution is -0.153. The third-order valence-corrected chi connectivity index (χ3v) is 5.79. The summed E-state index contributed by atoms with van der Waals surface area (Å²) in [4.78, 5) is 24.7. The number of nitrogens with one attached hydrogen (secondary N) is 1. The third-order valence-electron chi connectivity index (χ3n) is 5.58. The van der Waals surface area contributed by atoms with Crippen LogP contribution in [0.4, 0.5) is 4.79 Å². The minimum absolute atomic E-state index is 0.102. The maximum Gasteiger partial charge on any atom is 0.408 e. The van der Waals surface area contributed by atoms with Crippen molar-refractivity contribution in [3.8, 4) is 16.9 Å². The van der Waals surface area contributed by atoms with Gasteiger partial charge >= 0.3 is 12.1 Å². The Labute approximate surface area is 241 Å². The lowest BCUT2D eigenvalue weighted by Crippen LogP contribution is -2.36. The predicted molar refractivity (Wildman–Crippen MR) is 156 cm³/mol. The third kappa shape index (κ3) is 9.88. The molecule has 0 saturated carbocycles. The Morgan fingerprint density at radius 3 is 2.25 bits per heavy atom. The van der Waals surface area contributed by atoms with Crippen molar-refractivity contribution in [2.45, 2.75) is 71.8 Å². The number of hydrogen-bond acceptors (Lipinski definition) is 6. The molecule has 3 aromatic rings. The van der Waals surface area contributed by atoms with E-state index in [0.29, 0.717) is 10.8 Å². The molecule has 1 amide bonds. The van der Waals surface area contributed by atoms with Crippen molar-refractivity contribution < 1.29 is 28.9 Å². The van der Waals surface area contributed by atoms with E-state index >= 15 is 0 Å². The van der Waals surface area contributed by atoms with E-state index in [9.17, 15) is 14.7 Å². The Morgan fingerprint density at radius 2 is 1.57 bits per heavy atom. The largest absolute Gasteiger partial charge is 0.489 e. The summed E-state index contributed by atoms with van der Waals surface area (Å²) < 4.78 is 16.9. The van der Waals surface area contributed by atoms with Gasteiger partial charge in [0.1, 0.15) is 23.6 Å². The second kappa shape index (κ2) is 13.2. The topological polar surface area (TPSA) is 94.1 Å². The monoisotopic (exact) mass is 567 g/mol. The smallest absolute Gasteiger partial charge is 0.408 e. The number of ether oxygens (including phenoxy) is 3. The number of carbonyl (C=O) groups excluding carboxylic acids is 2. The summed E-state index contributed by atoms with van der Waals surface area (Å²) in [6.45, 7) is 10.8. The van der Waals surface area contributed by atoms with E-state index in [1.54, 1.807) is 20.8 Å². The molecule has 0 fully saturated rings. The average Bonchev–Trinajstić information content (AvgIpc) is 2.84. The van der Waals surface area contributed by atoms with Crippen molar-refractivity contribution >= 4 is 23.7 Å². The highest BCUT2D eigenvalue weighted by atomic mass is 35.5. The zero-order valence-corrected chi connectivity index (χ0v) is 24.7. The summed E-state index contributed by atoms with van der Waals surface area (Å²) in [5.74, 6) is 0.270. The summed E-state index contributed by atoms with van der Waals surface area (Å²) >= 11 is 6.47. The normalized spacial score (nSPS) is 12.4. The van der Waals surface area contributed by atoms with Crippen molar-refractivity contribution in [1.29, 1.82) is 0 Å². The first kappa shape index (κ1) is 31.0. The van der Waals surface area contributed by atoms with E-state index < -0.39 is 23.3 Å². The summed E-state index contributed by atoms with van der Waals surface area (Å²) in [6, 6.07) is 19.9. The Morgan fingerprint density at radius 1 is 0.875 bits per heavy atom. The van der Waals surface area contributed by atoms with Gasteiger partial charge in [-0.1, -0.05) is 48.0 Å². The van der Waals surface area contributed by atoms with Gasteiger partial charge in [0.15, 0.2) is 0 Å². The van der Waals surface area contributed by atoms with Crippen LogP contribution in [-0.2, 0) is 27.3 Å². The number of rotatable bonds is 9. The molecule has 0 heterocycles. The molecule has 0 aliphatic carbocycles. The highest BCUT2D eigenvalue weighted by Gasteiger charge is 2.21.